The second-order valence-corrected chi connectivity index (χ2v) is 6.09. The highest BCUT2D eigenvalue weighted by atomic mass is 19.1. The molecular weight excluding hydrogens is 307 g/mol. The first-order valence-electron chi connectivity index (χ1n) is 8.71. The lowest BCUT2D eigenvalue weighted by Gasteiger charge is -2.26. The third kappa shape index (κ3) is 5.76. The molecule has 1 aromatic rings. The summed E-state index contributed by atoms with van der Waals surface area (Å²) in [5.74, 6) is 0.592. The van der Waals surface area contributed by atoms with Gasteiger partial charge < -0.3 is 15.4 Å². The molecule has 0 saturated carbocycles. The minimum Gasteiger partial charge on any atom is -0.379 e. The lowest BCUT2D eigenvalue weighted by Crippen LogP contribution is -2.40. The molecule has 1 fully saturated rings. The van der Waals surface area contributed by atoms with Gasteiger partial charge >= 0.3 is 0 Å². The molecule has 0 aliphatic carbocycles. The first-order chi connectivity index (χ1) is 11.6. The van der Waals surface area contributed by atoms with E-state index in [-0.39, 0.29) is 11.9 Å². The fourth-order valence-electron chi connectivity index (χ4n) is 2.61. The van der Waals surface area contributed by atoms with Crippen molar-refractivity contribution in [2.45, 2.75) is 26.8 Å². The molecule has 1 unspecified atom stereocenters. The van der Waals surface area contributed by atoms with Crippen LogP contribution in [0, 0.1) is 12.7 Å². The second-order valence-electron chi connectivity index (χ2n) is 6.09. The molecule has 1 saturated heterocycles. The highest BCUT2D eigenvalue weighted by Gasteiger charge is 2.11. The van der Waals surface area contributed by atoms with Crippen molar-refractivity contribution < 1.29 is 9.13 Å². The van der Waals surface area contributed by atoms with E-state index >= 15 is 0 Å². The van der Waals surface area contributed by atoms with E-state index in [1.54, 1.807) is 13.0 Å². The van der Waals surface area contributed by atoms with Crippen molar-refractivity contribution in [3.8, 4) is 0 Å². The number of hydrogen-bond acceptors (Lipinski definition) is 3. The number of aryl methyl sites for hydroxylation is 1. The molecule has 1 aromatic carbocycles. The summed E-state index contributed by atoms with van der Waals surface area (Å²) in [4.78, 5) is 6.99. The predicted molar refractivity (Wildman–Crippen MR) is 95.9 cm³/mol. The van der Waals surface area contributed by atoms with E-state index in [9.17, 15) is 4.39 Å². The number of ether oxygens (including phenoxy) is 1. The summed E-state index contributed by atoms with van der Waals surface area (Å²) in [5.41, 5.74) is 1.58. The van der Waals surface area contributed by atoms with Gasteiger partial charge in [-0.05, 0) is 38.0 Å². The number of aliphatic imine (C=N–C) groups is 1. The lowest BCUT2D eigenvalue weighted by atomic mass is 10.1. The zero-order chi connectivity index (χ0) is 17.4. The fraction of sp³-hybridized carbons (Fsp3) is 0.611. The summed E-state index contributed by atoms with van der Waals surface area (Å²) < 4.78 is 19.1. The number of nitrogens with zero attached hydrogens (tertiary/aromatic N) is 2. The normalized spacial score (nSPS) is 17.6. The van der Waals surface area contributed by atoms with Crippen LogP contribution in [0.15, 0.2) is 23.2 Å². The molecule has 1 heterocycles. The molecule has 5 nitrogen and oxygen atoms in total. The summed E-state index contributed by atoms with van der Waals surface area (Å²) in [7, 11) is 0. The Morgan fingerprint density at radius 2 is 2.12 bits per heavy atom. The number of rotatable bonds is 6. The molecular formula is C18H29FN4O. The summed E-state index contributed by atoms with van der Waals surface area (Å²) in [6.45, 7) is 11.8. The van der Waals surface area contributed by atoms with E-state index in [4.69, 9.17) is 4.74 Å². The molecule has 0 bridgehead atoms. The van der Waals surface area contributed by atoms with Crippen LogP contribution in [0.3, 0.4) is 0 Å². The van der Waals surface area contributed by atoms with Crippen LogP contribution < -0.4 is 10.6 Å². The van der Waals surface area contributed by atoms with Gasteiger partial charge in [0.15, 0.2) is 5.96 Å². The van der Waals surface area contributed by atoms with Gasteiger partial charge in [-0.2, -0.15) is 0 Å². The Kier molecular flexibility index (Phi) is 7.46. The first kappa shape index (κ1) is 18.7. The van der Waals surface area contributed by atoms with Crippen molar-refractivity contribution in [1.82, 2.24) is 15.5 Å². The van der Waals surface area contributed by atoms with Crippen molar-refractivity contribution in [2.75, 3.05) is 45.9 Å². The highest BCUT2D eigenvalue weighted by molar-refractivity contribution is 5.80. The van der Waals surface area contributed by atoms with Crippen LogP contribution in [0.5, 0.6) is 0 Å². The molecule has 24 heavy (non-hydrogen) atoms. The zero-order valence-corrected chi connectivity index (χ0v) is 14.9. The number of guanidine groups is 1. The van der Waals surface area contributed by atoms with Gasteiger partial charge in [-0.1, -0.05) is 12.1 Å². The van der Waals surface area contributed by atoms with Crippen LogP contribution in [0.1, 0.15) is 31.0 Å². The standard InChI is InChI=1S/C18H29FN4O/c1-4-20-18(21-7-8-23-9-11-24-12-10-23)22-15(3)16-6-5-14(2)17(19)13-16/h5-6,13,15H,4,7-12H2,1-3H3,(H2,20,21,22). The molecule has 6 heteroatoms. The molecule has 2 rings (SSSR count). The average Bonchev–Trinajstić information content (AvgIpc) is 2.58. The topological polar surface area (TPSA) is 48.9 Å². The van der Waals surface area contributed by atoms with Gasteiger partial charge in [0, 0.05) is 26.2 Å². The van der Waals surface area contributed by atoms with Crippen LogP contribution in [0.4, 0.5) is 4.39 Å². The third-order valence-electron chi connectivity index (χ3n) is 4.18. The number of hydrogen-bond donors (Lipinski definition) is 2. The Bertz CT molecular complexity index is 544. The van der Waals surface area contributed by atoms with Crippen LogP contribution in [-0.2, 0) is 4.74 Å². The van der Waals surface area contributed by atoms with Crippen molar-refractivity contribution in [1.29, 1.82) is 0 Å². The monoisotopic (exact) mass is 336 g/mol. The van der Waals surface area contributed by atoms with E-state index in [2.05, 4.69) is 20.5 Å². The summed E-state index contributed by atoms with van der Waals surface area (Å²) in [6.07, 6.45) is 0. The minimum atomic E-state index is -0.171. The van der Waals surface area contributed by atoms with Crippen LogP contribution in [0.2, 0.25) is 0 Å². The minimum absolute atomic E-state index is 0.0127. The molecule has 134 valence electrons. The van der Waals surface area contributed by atoms with Crippen molar-refractivity contribution in [3.05, 3.63) is 35.1 Å². The molecule has 2 N–H and O–H groups in total. The molecule has 0 spiro atoms. The Hall–Kier alpha value is -1.66. The maximum atomic E-state index is 13.7. The Balaban J connectivity index is 1.90. The number of morpholine rings is 1. The molecule has 0 aromatic heterocycles. The summed E-state index contributed by atoms with van der Waals surface area (Å²) in [5, 5.41) is 6.60. The number of benzene rings is 1. The van der Waals surface area contributed by atoms with Gasteiger partial charge in [-0.15, -0.1) is 0 Å². The number of nitrogens with one attached hydrogen (secondary N) is 2. The van der Waals surface area contributed by atoms with Crippen LogP contribution >= 0.6 is 0 Å². The quantitative estimate of drug-likeness (QED) is 0.617. The highest BCUT2D eigenvalue weighted by Crippen LogP contribution is 2.16. The first-order valence-corrected chi connectivity index (χ1v) is 8.71. The smallest absolute Gasteiger partial charge is 0.191 e. The second kappa shape index (κ2) is 9.59. The largest absolute Gasteiger partial charge is 0.379 e. The van der Waals surface area contributed by atoms with E-state index in [0.29, 0.717) is 5.56 Å². The maximum Gasteiger partial charge on any atom is 0.191 e. The average molecular weight is 336 g/mol. The summed E-state index contributed by atoms with van der Waals surface area (Å²) in [6, 6.07) is 5.34. The van der Waals surface area contributed by atoms with Gasteiger partial charge in [0.2, 0.25) is 0 Å². The van der Waals surface area contributed by atoms with Gasteiger partial charge in [-0.25, -0.2) is 4.39 Å². The van der Waals surface area contributed by atoms with Gasteiger partial charge in [-0.3, -0.25) is 9.89 Å². The van der Waals surface area contributed by atoms with Crippen molar-refractivity contribution in [3.63, 3.8) is 0 Å². The molecule has 1 aliphatic rings. The Morgan fingerprint density at radius 3 is 2.79 bits per heavy atom. The van der Waals surface area contributed by atoms with Gasteiger partial charge in [0.1, 0.15) is 5.82 Å². The van der Waals surface area contributed by atoms with E-state index in [0.717, 1.165) is 57.5 Å². The van der Waals surface area contributed by atoms with Crippen LogP contribution in [0.25, 0.3) is 0 Å². The number of halogens is 1. The Morgan fingerprint density at radius 1 is 1.38 bits per heavy atom. The predicted octanol–water partition coefficient (Wildman–Crippen LogP) is 2.08. The molecule has 1 aliphatic heterocycles. The van der Waals surface area contributed by atoms with Gasteiger partial charge in [0.05, 0.1) is 25.8 Å². The summed E-state index contributed by atoms with van der Waals surface area (Å²) >= 11 is 0. The van der Waals surface area contributed by atoms with E-state index in [1.165, 1.54) is 0 Å². The maximum absolute atomic E-state index is 13.7. The molecule has 0 amide bonds. The van der Waals surface area contributed by atoms with Crippen LogP contribution in [-0.4, -0.2) is 56.8 Å². The SMILES string of the molecule is CCNC(=NCCN1CCOCC1)NC(C)c1ccc(C)c(F)c1. The van der Waals surface area contributed by atoms with Crippen molar-refractivity contribution in [2.24, 2.45) is 4.99 Å². The van der Waals surface area contributed by atoms with E-state index in [1.807, 2.05) is 26.0 Å². The third-order valence-corrected chi connectivity index (χ3v) is 4.18. The molecule has 0 radical (unpaired) electrons. The fourth-order valence-corrected chi connectivity index (χ4v) is 2.61. The van der Waals surface area contributed by atoms with Gasteiger partial charge in [0.25, 0.3) is 0 Å². The Labute approximate surface area is 144 Å². The zero-order valence-electron chi connectivity index (χ0n) is 14.9. The van der Waals surface area contributed by atoms with Crippen molar-refractivity contribution >= 4 is 5.96 Å². The lowest BCUT2D eigenvalue weighted by molar-refractivity contribution is 0.0394. The van der Waals surface area contributed by atoms with E-state index < -0.39 is 0 Å². The molecule has 1 atom stereocenters.